The maximum atomic E-state index is 5.56. The average molecular weight is 174 g/mol. The predicted octanol–water partition coefficient (Wildman–Crippen LogP) is 1.16. The molecule has 66 valence electrons. The van der Waals surface area contributed by atoms with Gasteiger partial charge in [0.2, 0.25) is 0 Å². The first-order valence-corrected chi connectivity index (χ1v) is 3.98. The zero-order valence-corrected chi connectivity index (χ0v) is 7.31. The second-order valence-electron chi connectivity index (χ2n) is 2.86. The largest absolute Gasteiger partial charge is 0.384 e. The summed E-state index contributed by atoms with van der Waals surface area (Å²) in [6.45, 7) is 1.95. The van der Waals surface area contributed by atoms with Gasteiger partial charge in [-0.05, 0) is 13.0 Å². The number of nitrogen functional groups attached to an aromatic ring is 1. The van der Waals surface area contributed by atoms with E-state index in [0.717, 1.165) is 11.4 Å². The maximum absolute atomic E-state index is 5.56. The fraction of sp³-hybridized carbons (Fsp3) is 0.111. The molecular weight excluding hydrogens is 164 g/mol. The molecule has 0 saturated carbocycles. The number of nitrogens with two attached hydrogens (primary N) is 1. The molecule has 2 rings (SSSR count). The summed E-state index contributed by atoms with van der Waals surface area (Å²) in [5.41, 5.74) is 7.52. The molecule has 0 bridgehead atoms. The second-order valence-corrected chi connectivity index (χ2v) is 2.86. The molecule has 2 heterocycles. The molecule has 2 aromatic rings. The van der Waals surface area contributed by atoms with Crippen LogP contribution in [0.5, 0.6) is 0 Å². The van der Waals surface area contributed by atoms with Crippen LogP contribution in [-0.2, 0) is 0 Å². The molecule has 0 aliphatic rings. The lowest BCUT2D eigenvalue weighted by Gasteiger charge is -2.00. The Balaban J connectivity index is 2.46. The third kappa shape index (κ3) is 1.51. The van der Waals surface area contributed by atoms with Crippen molar-refractivity contribution in [1.82, 2.24) is 14.5 Å². The lowest BCUT2D eigenvalue weighted by Crippen LogP contribution is -1.94. The molecule has 0 atom stereocenters. The van der Waals surface area contributed by atoms with Crippen molar-refractivity contribution in [3.05, 3.63) is 36.5 Å². The second kappa shape index (κ2) is 2.90. The van der Waals surface area contributed by atoms with Gasteiger partial charge in [0.15, 0.2) is 0 Å². The van der Waals surface area contributed by atoms with Gasteiger partial charge in [0, 0.05) is 18.5 Å². The van der Waals surface area contributed by atoms with E-state index in [-0.39, 0.29) is 0 Å². The van der Waals surface area contributed by atoms with Crippen LogP contribution in [0.3, 0.4) is 0 Å². The van der Waals surface area contributed by atoms with Crippen LogP contribution in [-0.4, -0.2) is 14.5 Å². The van der Waals surface area contributed by atoms with Crippen LogP contribution in [0.25, 0.3) is 5.69 Å². The van der Waals surface area contributed by atoms with Gasteiger partial charge in [-0.25, -0.2) is 9.97 Å². The number of aromatic nitrogens is 3. The van der Waals surface area contributed by atoms with E-state index in [2.05, 4.69) is 9.97 Å². The number of hydrogen-bond acceptors (Lipinski definition) is 3. The summed E-state index contributed by atoms with van der Waals surface area (Å²) < 4.78 is 1.91. The van der Waals surface area contributed by atoms with Gasteiger partial charge >= 0.3 is 0 Å². The molecule has 4 nitrogen and oxygen atoms in total. The minimum atomic E-state index is 0.517. The average Bonchev–Trinajstić information content (AvgIpc) is 2.52. The number of nitrogens with zero attached hydrogens (tertiary/aromatic N) is 3. The highest BCUT2D eigenvalue weighted by molar-refractivity contribution is 5.41. The Labute approximate surface area is 76.1 Å². The van der Waals surface area contributed by atoms with Crippen molar-refractivity contribution in [2.75, 3.05) is 5.73 Å². The summed E-state index contributed by atoms with van der Waals surface area (Å²) >= 11 is 0. The van der Waals surface area contributed by atoms with E-state index in [1.54, 1.807) is 18.6 Å². The molecule has 0 aliphatic heterocycles. The first-order valence-electron chi connectivity index (χ1n) is 3.98. The monoisotopic (exact) mass is 174 g/mol. The minimum Gasteiger partial charge on any atom is -0.384 e. The SMILES string of the molecule is Cc1cn(-c2ccnc(N)c2)cn1. The molecule has 0 amide bonds. The number of aryl methyl sites for hydroxylation is 1. The first kappa shape index (κ1) is 7.79. The van der Waals surface area contributed by atoms with Gasteiger partial charge in [-0.1, -0.05) is 0 Å². The molecule has 13 heavy (non-hydrogen) atoms. The Morgan fingerprint density at radius 1 is 1.38 bits per heavy atom. The molecule has 0 saturated heterocycles. The highest BCUT2D eigenvalue weighted by Gasteiger charge is 1.97. The van der Waals surface area contributed by atoms with Gasteiger partial charge < -0.3 is 10.3 Å². The summed E-state index contributed by atoms with van der Waals surface area (Å²) in [6.07, 6.45) is 5.37. The molecule has 0 fully saturated rings. The summed E-state index contributed by atoms with van der Waals surface area (Å²) in [5.74, 6) is 0.517. The third-order valence-electron chi connectivity index (χ3n) is 1.77. The fourth-order valence-corrected chi connectivity index (χ4v) is 1.16. The van der Waals surface area contributed by atoms with E-state index in [9.17, 15) is 0 Å². The third-order valence-corrected chi connectivity index (χ3v) is 1.77. The number of anilines is 1. The van der Waals surface area contributed by atoms with Crippen molar-refractivity contribution in [2.24, 2.45) is 0 Å². The fourth-order valence-electron chi connectivity index (χ4n) is 1.16. The molecule has 2 N–H and O–H groups in total. The zero-order chi connectivity index (χ0) is 9.26. The Morgan fingerprint density at radius 3 is 2.85 bits per heavy atom. The highest BCUT2D eigenvalue weighted by Crippen LogP contribution is 2.09. The Hall–Kier alpha value is -1.84. The van der Waals surface area contributed by atoms with Crippen molar-refractivity contribution >= 4 is 5.82 Å². The smallest absolute Gasteiger partial charge is 0.125 e. The van der Waals surface area contributed by atoms with Crippen molar-refractivity contribution < 1.29 is 0 Å². The van der Waals surface area contributed by atoms with Gasteiger partial charge in [-0.15, -0.1) is 0 Å². The van der Waals surface area contributed by atoms with Crippen molar-refractivity contribution in [3.63, 3.8) is 0 Å². The van der Waals surface area contributed by atoms with E-state index in [1.165, 1.54) is 0 Å². The molecule has 0 aliphatic carbocycles. The quantitative estimate of drug-likeness (QED) is 0.705. The lowest BCUT2D eigenvalue weighted by atomic mass is 10.4. The minimum absolute atomic E-state index is 0.517. The summed E-state index contributed by atoms with van der Waals surface area (Å²) in [5, 5.41) is 0. The predicted molar refractivity (Wildman–Crippen MR) is 50.5 cm³/mol. The van der Waals surface area contributed by atoms with Crippen LogP contribution < -0.4 is 5.73 Å². The normalized spacial score (nSPS) is 10.2. The van der Waals surface area contributed by atoms with Crippen LogP contribution in [0.4, 0.5) is 5.82 Å². The Kier molecular flexibility index (Phi) is 1.73. The molecule has 4 heteroatoms. The van der Waals surface area contributed by atoms with E-state index in [0.29, 0.717) is 5.82 Å². The zero-order valence-electron chi connectivity index (χ0n) is 7.31. The first-order chi connectivity index (χ1) is 6.25. The van der Waals surface area contributed by atoms with E-state index >= 15 is 0 Å². The Morgan fingerprint density at radius 2 is 2.23 bits per heavy atom. The lowest BCUT2D eigenvalue weighted by molar-refractivity contribution is 1.05. The van der Waals surface area contributed by atoms with Gasteiger partial charge in [0.1, 0.15) is 5.82 Å². The number of pyridine rings is 1. The summed E-state index contributed by atoms with van der Waals surface area (Å²) in [6, 6.07) is 3.69. The summed E-state index contributed by atoms with van der Waals surface area (Å²) in [7, 11) is 0. The molecular formula is C9H10N4. The van der Waals surface area contributed by atoms with Crippen molar-refractivity contribution in [1.29, 1.82) is 0 Å². The standard InChI is InChI=1S/C9H10N4/c1-7-5-13(6-12-7)8-2-3-11-9(10)4-8/h2-6H,1H3,(H2,10,11). The molecule has 2 aromatic heterocycles. The molecule has 0 radical (unpaired) electrons. The van der Waals surface area contributed by atoms with Crippen LogP contribution in [0, 0.1) is 6.92 Å². The van der Waals surface area contributed by atoms with Crippen molar-refractivity contribution in [2.45, 2.75) is 6.92 Å². The van der Waals surface area contributed by atoms with Gasteiger partial charge in [0.25, 0.3) is 0 Å². The maximum Gasteiger partial charge on any atom is 0.125 e. The van der Waals surface area contributed by atoms with Crippen LogP contribution in [0.1, 0.15) is 5.69 Å². The summed E-state index contributed by atoms with van der Waals surface area (Å²) in [4.78, 5) is 8.04. The molecule has 0 aromatic carbocycles. The molecule has 0 unspecified atom stereocenters. The van der Waals surface area contributed by atoms with Crippen LogP contribution in [0.2, 0.25) is 0 Å². The van der Waals surface area contributed by atoms with E-state index < -0.39 is 0 Å². The van der Waals surface area contributed by atoms with Gasteiger partial charge in [-0.3, -0.25) is 0 Å². The van der Waals surface area contributed by atoms with Crippen LogP contribution >= 0.6 is 0 Å². The van der Waals surface area contributed by atoms with E-state index in [1.807, 2.05) is 23.8 Å². The highest BCUT2D eigenvalue weighted by atomic mass is 15.0. The van der Waals surface area contributed by atoms with Crippen molar-refractivity contribution in [3.8, 4) is 5.69 Å². The number of rotatable bonds is 1. The van der Waals surface area contributed by atoms with Gasteiger partial charge in [-0.2, -0.15) is 0 Å². The molecule has 0 spiro atoms. The van der Waals surface area contributed by atoms with E-state index in [4.69, 9.17) is 5.73 Å². The topological polar surface area (TPSA) is 56.7 Å². The number of imidazole rings is 1. The van der Waals surface area contributed by atoms with Gasteiger partial charge in [0.05, 0.1) is 17.7 Å². The number of hydrogen-bond donors (Lipinski definition) is 1. The van der Waals surface area contributed by atoms with Crippen LogP contribution in [0.15, 0.2) is 30.9 Å². The Bertz CT molecular complexity index is 419.